The Bertz CT molecular complexity index is 367. The van der Waals surface area contributed by atoms with Gasteiger partial charge in [0.25, 0.3) is 0 Å². The summed E-state index contributed by atoms with van der Waals surface area (Å²) >= 11 is 0. The van der Waals surface area contributed by atoms with Crippen molar-refractivity contribution in [2.45, 2.75) is 32.1 Å². The van der Waals surface area contributed by atoms with E-state index in [1.807, 2.05) is 6.07 Å². The van der Waals surface area contributed by atoms with Gasteiger partial charge in [0.15, 0.2) is 0 Å². The van der Waals surface area contributed by atoms with Crippen molar-refractivity contribution in [2.24, 2.45) is 5.92 Å². The Morgan fingerprint density at radius 1 is 1.40 bits per heavy atom. The van der Waals surface area contributed by atoms with Gasteiger partial charge in [-0.15, -0.1) is 0 Å². The van der Waals surface area contributed by atoms with Crippen LogP contribution < -0.4 is 0 Å². The highest BCUT2D eigenvalue weighted by molar-refractivity contribution is 5.29. The van der Waals surface area contributed by atoms with Gasteiger partial charge in [-0.05, 0) is 42.9 Å². The molecular formula is C14H17F. The van der Waals surface area contributed by atoms with E-state index >= 15 is 0 Å². The predicted molar refractivity (Wildman–Crippen MR) is 61.3 cm³/mol. The Labute approximate surface area is 90.8 Å². The van der Waals surface area contributed by atoms with Gasteiger partial charge < -0.3 is 0 Å². The number of allylic oxidation sites excluding steroid dienone is 1. The Kier molecular flexibility index (Phi) is 2.90. The number of rotatable bonds is 1. The zero-order valence-electron chi connectivity index (χ0n) is 9.17. The molecular weight excluding hydrogens is 187 g/mol. The Hall–Kier alpha value is -1.11. The molecule has 1 saturated carbocycles. The van der Waals surface area contributed by atoms with E-state index in [1.54, 1.807) is 12.1 Å². The van der Waals surface area contributed by atoms with Crippen LogP contribution in [0.2, 0.25) is 0 Å². The van der Waals surface area contributed by atoms with Gasteiger partial charge in [-0.2, -0.15) is 0 Å². The second-order valence-corrected chi connectivity index (χ2v) is 4.65. The summed E-state index contributed by atoms with van der Waals surface area (Å²) in [6, 6.07) is 6.95. The van der Waals surface area contributed by atoms with Crippen molar-refractivity contribution in [1.29, 1.82) is 0 Å². The summed E-state index contributed by atoms with van der Waals surface area (Å²) in [7, 11) is 0. The predicted octanol–water partition coefficient (Wildman–Crippen LogP) is 4.29. The Morgan fingerprint density at radius 3 is 2.93 bits per heavy atom. The Balaban J connectivity index is 2.25. The monoisotopic (exact) mass is 204 g/mol. The summed E-state index contributed by atoms with van der Waals surface area (Å²) in [5.74, 6) is 0.951. The summed E-state index contributed by atoms with van der Waals surface area (Å²) in [6.45, 7) is 6.38. The molecule has 1 heteroatoms. The molecule has 0 spiro atoms. The second kappa shape index (κ2) is 4.18. The SMILES string of the molecule is C=C1CCC(C)CC1c1cccc(F)c1. The summed E-state index contributed by atoms with van der Waals surface area (Å²) in [6.07, 6.45) is 3.43. The molecule has 0 N–H and O–H groups in total. The lowest BCUT2D eigenvalue weighted by Gasteiger charge is -2.29. The molecule has 0 aliphatic heterocycles. The van der Waals surface area contributed by atoms with E-state index in [2.05, 4.69) is 13.5 Å². The largest absolute Gasteiger partial charge is 0.207 e. The molecule has 2 rings (SSSR count). The molecule has 0 heterocycles. The maximum atomic E-state index is 13.1. The van der Waals surface area contributed by atoms with E-state index in [4.69, 9.17) is 0 Å². The first-order valence-corrected chi connectivity index (χ1v) is 5.60. The minimum absolute atomic E-state index is 0.140. The molecule has 1 aliphatic rings. The quantitative estimate of drug-likeness (QED) is 0.599. The van der Waals surface area contributed by atoms with Gasteiger partial charge in [0.1, 0.15) is 5.82 Å². The highest BCUT2D eigenvalue weighted by Crippen LogP contribution is 2.39. The van der Waals surface area contributed by atoms with Crippen LogP contribution in [0.4, 0.5) is 4.39 Å². The van der Waals surface area contributed by atoms with Crippen LogP contribution in [0.3, 0.4) is 0 Å². The standard InChI is InChI=1S/C14H17F/c1-10-6-7-11(2)14(8-10)12-4-3-5-13(15)9-12/h3-5,9-10,14H,2,6-8H2,1H3. The fourth-order valence-corrected chi connectivity index (χ4v) is 2.39. The van der Waals surface area contributed by atoms with Gasteiger partial charge >= 0.3 is 0 Å². The molecule has 1 aromatic rings. The minimum atomic E-state index is -0.140. The van der Waals surface area contributed by atoms with Crippen molar-refractivity contribution in [3.8, 4) is 0 Å². The van der Waals surface area contributed by atoms with E-state index in [0.29, 0.717) is 5.92 Å². The number of hydrogen-bond donors (Lipinski definition) is 0. The summed E-state index contributed by atoms with van der Waals surface area (Å²) in [5.41, 5.74) is 2.35. The van der Waals surface area contributed by atoms with Crippen LogP contribution in [0, 0.1) is 11.7 Å². The zero-order valence-corrected chi connectivity index (χ0v) is 9.17. The van der Waals surface area contributed by atoms with Crippen LogP contribution >= 0.6 is 0 Å². The Morgan fingerprint density at radius 2 is 2.20 bits per heavy atom. The van der Waals surface area contributed by atoms with Crippen molar-refractivity contribution in [2.75, 3.05) is 0 Å². The molecule has 0 aromatic heterocycles. The fraction of sp³-hybridized carbons (Fsp3) is 0.429. The highest BCUT2D eigenvalue weighted by Gasteiger charge is 2.23. The molecule has 1 fully saturated rings. The first-order valence-electron chi connectivity index (χ1n) is 5.60. The van der Waals surface area contributed by atoms with Crippen LogP contribution in [-0.4, -0.2) is 0 Å². The van der Waals surface area contributed by atoms with Gasteiger partial charge in [-0.25, -0.2) is 4.39 Å². The van der Waals surface area contributed by atoms with Crippen LogP contribution in [-0.2, 0) is 0 Å². The molecule has 0 amide bonds. The first-order chi connectivity index (χ1) is 7.16. The van der Waals surface area contributed by atoms with Crippen molar-refractivity contribution in [3.05, 3.63) is 47.8 Å². The van der Waals surface area contributed by atoms with Crippen molar-refractivity contribution in [1.82, 2.24) is 0 Å². The number of halogens is 1. The molecule has 1 aliphatic carbocycles. The van der Waals surface area contributed by atoms with Crippen molar-refractivity contribution in [3.63, 3.8) is 0 Å². The maximum absolute atomic E-state index is 13.1. The lowest BCUT2D eigenvalue weighted by Crippen LogP contribution is -2.14. The third-order valence-corrected chi connectivity index (χ3v) is 3.34. The molecule has 0 radical (unpaired) electrons. The molecule has 15 heavy (non-hydrogen) atoms. The van der Waals surface area contributed by atoms with Gasteiger partial charge in [0.05, 0.1) is 0 Å². The van der Waals surface area contributed by atoms with Gasteiger partial charge in [0.2, 0.25) is 0 Å². The smallest absolute Gasteiger partial charge is 0.123 e. The molecule has 2 atom stereocenters. The van der Waals surface area contributed by atoms with Crippen molar-refractivity contribution >= 4 is 0 Å². The second-order valence-electron chi connectivity index (χ2n) is 4.65. The first kappa shape index (κ1) is 10.4. The minimum Gasteiger partial charge on any atom is -0.207 e. The lowest BCUT2D eigenvalue weighted by molar-refractivity contribution is 0.409. The van der Waals surface area contributed by atoms with Crippen LogP contribution in [0.1, 0.15) is 37.7 Å². The van der Waals surface area contributed by atoms with Crippen molar-refractivity contribution < 1.29 is 4.39 Å². The molecule has 2 unspecified atom stereocenters. The average Bonchev–Trinajstić information content (AvgIpc) is 2.22. The average molecular weight is 204 g/mol. The highest BCUT2D eigenvalue weighted by atomic mass is 19.1. The summed E-state index contributed by atoms with van der Waals surface area (Å²) in [4.78, 5) is 0. The maximum Gasteiger partial charge on any atom is 0.123 e. The van der Waals surface area contributed by atoms with E-state index in [-0.39, 0.29) is 5.82 Å². The molecule has 1 aromatic carbocycles. The van der Waals surface area contributed by atoms with Crippen LogP contribution in [0.5, 0.6) is 0 Å². The molecule has 0 nitrogen and oxygen atoms in total. The normalized spacial score (nSPS) is 26.7. The van der Waals surface area contributed by atoms with Crippen LogP contribution in [0.15, 0.2) is 36.4 Å². The van der Waals surface area contributed by atoms with E-state index in [9.17, 15) is 4.39 Å². The topological polar surface area (TPSA) is 0 Å². The lowest BCUT2D eigenvalue weighted by atomic mass is 9.76. The van der Waals surface area contributed by atoms with Gasteiger partial charge in [-0.1, -0.05) is 31.2 Å². The third kappa shape index (κ3) is 2.28. The number of hydrogen-bond acceptors (Lipinski definition) is 0. The third-order valence-electron chi connectivity index (χ3n) is 3.34. The fourth-order valence-electron chi connectivity index (χ4n) is 2.39. The van der Waals surface area contributed by atoms with Gasteiger partial charge in [-0.3, -0.25) is 0 Å². The summed E-state index contributed by atoms with van der Waals surface area (Å²) in [5, 5.41) is 0. The molecule has 80 valence electrons. The zero-order chi connectivity index (χ0) is 10.8. The summed E-state index contributed by atoms with van der Waals surface area (Å²) < 4.78 is 13.1. The number of benzene rings is 1. The van der Waals surface area contributed by atoms with Crippen LogP contribution in [0.25, 0.3) is 0 Å². The van der Waals surface area contributed by atoms with Gasteiger partial charge in [0, 0.05) is 5.92 Å². The van der Waals surface area contributed by atoms with E-state index in [1.165, 1.54) is 18.1 Å². The van der Waals surface area contributed by atoms with E-state index in [0.717, 1.165) is 24.3 Å². The van der Waals surface area contributed by atoms with E-state index < -0.39 is 0 Å². The molecule has 0 saturated heterocycles. The molecule has 0 bridgehead atoms.